The van der Waals surface area contributed by atoms with E-state index in [-0.39, 0.29) is 18.8 Å². The smallest absolute Gasteiger partial charge is 0.321 e. The van der Waals surface area contributed by atoms with Crippen LogP contribution in [0.5, 0.6) is 0 Å². The molecule has 4 atom stereocenters. The largest absolute Gasteiger partial charge is 0.457 e. The number of cyclic esters (lactones) is 3. The number of hydrogen-bond acceptors (Lipinski definition) is 6. The van der Waals surface area contributed by atoms with Gasteiger partial charge in [-0.15, -0.1) is 0 Å². The summed E-state index contributed by atoms with van der Waals surface area (Å²) in [6, 6.07) is 5.54. The minimum Gasteiger partial charge on any atom is -0.457 e. The summed E-state index contributed by atoms with van der Waals surface area (Å²) in [6.07, 6.45) is 0.247. The number of fused-ring (bicyclic) bond motifs is 3. The van der Waals surface area contributed by atoms with Gasteiger partial charge in [0.05, 0.1) is 11.8 Å². The summed E-state index contributed by atoms with van der Waals surface area (Å²) in [4.78, 5) is 48.1. The predicted octanol–water partition coefficient (Wildman–Crippen LogP) is 1.01. The average molecular weight is 314 g/mol. The minimum absolute atomic E-state index is 0.224. The van der Waals surface area contributed by atoms with Gasteiger partial charge in [0.25, 0.3) is 0 Å². The second-order valence-electron chi connectivity index (χ2n) is 6.35. The zero-order valence-corrected chi connectivity index (χ0v) is 12.4. The fourth-order valence-corrected chi connectivity index (χ4v) is 3.97. The van der Waals surface area contributed by atoms with Crippen LogP contribution in [-0.4, -0.2) is 30.3 Å². The highest BCUT2D eigenvalue weighted by molar-refractivity contribution is 6.06. The van der Waals surface area contributed by atoms with Gasteiger partial charge in [-0.3, -0.25) is 19.2 Å². The van der Waals surface area contributed by atoms with Crippen LogP contribution in [0.2, 0.25) is 0 Å². The van der Waals surface area contributed by atoms with Gasteiger partial charge in [-0.1, -0.05) is 23.8 Å². The quantitative estimate of drug-likeness (QED) is 0.568. The lowest BCUT2D eigenvalue weighted by atomic mass is 9.66. The summed E-state index contributed by atoms with van der Waals surface area (Å²) in [5.41, 5.74) is 2.39. The Morgan fingerprint density at radius 2 is 1.70 bits per heavy atom. The Labute approximate surface area is 131 Å². The second-order valence-corrected chi connectivity index (χ2v) is 6.35. The van der Waals surface area contributed by atoms with E-state index < -0.39 is 41.6 Å². The van der Waals surface area contributed by atoms with E-state index in [1.165, 1.54) is 0 Å². The van der Waals surface area contributed by atoms with E-state index in [2.05, 4.69) is 0 Å². The van der Waals surface area contributed by atoms with Crippen molar-refractivity contribution < 1.29 is 28.7 Å². The van der Waals surface area contributed by atoms with E-state index in [1.54, 1.807) is 0 Å². The molecule has 2 saturated heterocycles. The topological polar surface area (TPSA) is 86.7 Å². The molecule has 0 aromatic heterocycles. The van der Waals surface area contributed by atoms with Gasteiger partial charge < -0.3 is 9.47 Å². The Hall–Kier alpha value is -2.50. The van der Waals surface area contributed by atoms with Gasteiger partial charge in [-0.25, -0.2) is 0 Å². The monoisotopic (exact) mass is 314 g/mol. The third-order valence-corrected chi connectivity index (χ3v) is 5.00. The number of esters is 3. The lowest BCUT2D eigenvalue weighted by Gasteiger charge is -2.32. The van der Waals surface area contributed by atoms with Crippen LogP contribution in [0.1, 0.15) is 34.9 Å². The number of carbonyl (C=O) groups excluding carboxylic acids is 4. The summed E-state index contributed by atoms with van der Waals surface area (Å²) in [5, 5.41) is 0. The first-order valence-corrected chi connectivity index (χ1v) is 7.52. The molecule has 2 aliphatic heterocycles. The third-order valence-electron chi connectivity index (χ3n) is 5.00. The first-order chi connectivity index (χ1) is 11.0. The summed E-state index contributed by atoms with van der Waals surface area (Å²) in [5.74, 6) is -4.58. The molecule has 0 amide bonds. The van der Waals surface area contributed by atoms with Gasteiger partial charge in [0, 0.05) is 5.92 Å². The Morgan fingerprint density at radius 1 is 0.913 bits per heavy atom. The summed E-state index contributed by atoms with van der Waals surface area (Å²) in [6.45, 7) is 1.66. The first-order valence-electron chi connectivity index (χ1n) is 7.52. The van der Waals surface area contributed by atoms with Crippen LogP contribution in [0.3, 0.4) is 0 Å². The number of hydrogen-bond donors (Lipinski definition) is 0. The van der Waals surface area contributed by atoms with Crippen molar-refractivity contribution in [3.8, 4) is 0 Å². The summed E-state index contributed by atoms with van der Waals surface area (Å²) >= 11 is 0. The average Bonchev–Trinajstić information content (AvgIpc) is 2.98. The molecule has 0 N–H and O–H groups in total. The van der Waals surface area contributed by atoms with Crippen LogP contribution in [0, 0.1) is 18.8 Å². The molecule has 0 bridgehead atoms. The van der Waals surface area contributed by atoms with Crippen molar-refractivity contribution in [2.24, 2.45) is 11.8 Å². The highest BCUT2D eigenvalue weighted by atomic mass is 16.6. The van der Waals surface area contributed by atoms with E-state index in [1.807, 2.05) is 25.1 Å². The lowest BCUT2D eigenvalue weighted by molar-refractivity contribution is -0.153. The number of benzene rings is 1. The van der Waals surface area contributed by atoms with Gasteiger partial charge >= 0.3 is 17.9 Å². The molecule has 6 nitrogen and oxygen atoms in total. The standard InChI is InChI=1S/C17H14O6/c1-7-2-3-8-9(4-7)13-11(15(19)23-17(13)21)5-10(8)14-12(18)6-22-16(14)20/h2-4,10-11,13-14H,5-6H2,1H3. The van der Waals surface area contributed by atoms with Crippen LogP contribution < -0.4 is 0 Å². The zero-order valence-electron chi connectivity index (χ0n) is 12.4. The van der Waals surface area contributed by atoms with Gasteiger partial charge in [-0.05, 0) is 24.5 Å². The van der Waals surface area contributed by atoms with Gasteiger partial charge in [0.15, 0.2) is 12.4 Å². The van der Waals surface area contributed by atoms with E-state index >= 15 is 0 Å². The molecule has 0 saturated carbocycles. The Kier molecular flexibility index (Phi) is 2.91. The Morgan fingerprint density at radius 3 is 2.39 bits per heavy atom. The number of carbonyl (C=O) groups is 4. The Balaban J connectivity index is 1.87. The number of rotatable bonds is 1. The molecule has 2 heterocycles. The summed E-state index contributed by atoms with van der Waals surface area (Å²) < 4.78 is 9.65. The second kappa shape index (κ2) is 4.75. The van der Waals surface area contributed by atoms with Crippen LogP contribution >= 0.6 is 0 Å². The fraction of sp³-hybridized carbons (Fsp3) is 0.412. The van der Waals surface area contributed by atoms with Crippen LogP contribution in [0.15, 0.2) is 18.2 Å². The van der Waals surface area contributed by atoms with E-state index in [4.69, 9.17) is 9.47 Å². The molecule has 23 heavy (non-hydrogen) atoms. The predicted molar refractivity (Wildman–Crippen MR) is 75.3 cm³/mol. The molecule has 4 unspecified atom stereocenters. The van der Waals surface area contributed by atoms with E-state index in [0.29, 0.717) is 5.56 Å². The van der Waals surface area contributed by atoms with E-state index in [0.717, 1.165) is 11.1 Å². The van der Waals surface area contributed by atoms with Gasteiger partial charge in [-0.2, -0.15) is 0 Å². The summed E-state index contributed by atoms with van der Waals surface area (Å²) in [7, 11) is 0. The minimum atomic E-state index is -0.902. The third kappa shape index (κ3) is 1.94. The van der Waals surface area contributed by atoms with E-state index in [9.17, 15) is 19.2 Å². The molecule has 0 spiro atoms. The fourth-order valence-electron chi connectivity index (χ4n) is 3.97. The first kappa shape index (κ1) is 14.1. The molecule has 3 aliphatic rings. The van der Waals surface area contributed by atoms with Crippen molar-refractivity contribution >= 4 is 23.7 Å². The number of aryl methyl sites for hydroxylation is 1. The molecule has 4 rings (SSSR count). The number of ether oxygens (including phenoxy) is 2. The van der Waals surface area contributed by atoms with Crippen molar-refractivity contribution in [2.75, 3.05) is 6.61 Å². The maximum absolute atomic E-state index is 12.1. The maximum Gasteiger partial charge on any atom is 0.321 e. The molecule has 6 heteroatoms. The highest BCUT2D eigenvalue weighted by Gasteiger charge is 2.54. The lowest BCUT2D eigenvalue weighted by Crippen LogP contribution is -2.33. The molecule has 0 radical (unpaired) electrons. The van der Waals surface area contributed by atoms with Gasteiger partial charge in [0.2, 0.25) is 0 Å². The van der Waals surface area contributed by atoms with Crippen LogP contribution in [0.25, 0.3) is 0 Å². The van der Waals surface area contributed by atoms with Crippen molar-refractivity contribution in [3.05, 3.63) is 34.9 Å². The molecule has 1 aromatic carbocycles. The normalized spacial score (nSPS) is 32.4. The molecular formula is C17H14O6. The van der Waals surface area contributed by atoms with Crippen molar-refractivity contribution in [1.29, 1.82) is 0 Å². The van der Waals surface area contributed by atoms with Crippen molar-refractivity contribution in [3.63, 3.8) is 0 Å². The number of Topliss-reactive ketones (excluding diaryl/α,β-unsaturated/α-hetero) is 1. The Bertz CT molecular complexity index is 748. The molecule has 1 aromatic rings. The molecule has 118 valence electrons. The number of ketones is 1. The van der Waals surface area contributed by atoms with Crippen LogP contribution in [0.4, 0.5) is 0 Å². The molecule has 2 fully saturated rings. The van der Waals surface area contributed by atoms with Crippen molar-refractivity contribution in [1.82, 2.24) is 0 Å². The zero-order chi connectivity index (χ0) is 16.3. The molecular weight excluding hydrogens is 300 g/mol. The van der Waals surface area contributed by atoms with Crippen LogP contribution in [-0.2, 0) is 28.7 Å². The molecule has 1 aliphatic carbocycles. The maximum atomic E-state index is 12.1. The van der Waals surface area contributed by atoms with Crippen molar-refractivity contribution in [2.45, 2.75) is 25.2 Å². The SMILES string of the molecule is Cc1ccc2c(c1)C1C(=O)OC(=O)C1CC2C1C(=O)COC1=O. The highest BCUT2D eigenvalue weighted by Crippen LogP contribution is 2.50. The van der Waals surface area contributed by atoms with Gasteiger partial charge in [0.1, 0.15) is 5.92 Å².